The van der Waals surface area contributed by atoms with Gasteiger partial charge in [0.2, 0.25) is 0 Å². The first-order valence-corrected chi connectivity index (χ1v) is 10.5. The molecule has 0 radical (unpaired) electrons. The van der Waals surface area contributed by atoms with Crippen LogP contribution in [0.3, 0.4) is 0 Å². The number of fused-ring (bicyclic) bond motifs is 1. The maximum atomic E-state index is 12.8. The van der Waals surface area contributed by atoms with Crippen molar-refractivity contribution in [1.29, 1.82) is 0 Å². The van der Waals surface area contributed by atoms with E-state index in [0.717, 1.165) is 21.0 Å². The topological polar surface area (TPSA) is 66.4 Å². The Balaban J connectivity index is 1.68. The summed E-state index contributed by atoms with van der Waals surface area (Å²) in [6.07, 6.45) is -2.69. The molecule has 1 aliphatic heterocycles. The van der Waals surface area contributed by atoms with Crippen LogP contribution in [0.15, 0.2) is 48.5 Å². The first-order valence-electron chi connectivity index (χ1n) is 8.82. The van der Waals surface area contributed by atoms with Gasteiger partial charge in [-0.15, -0.1) is 0 Å². The molecule has 0 spiro atoms. The number of carbonyl (C=O) groups is 2. The fraction of sp³-hybridized carbons (Fsp3) is 0.0909. The van der Waals surface area contributed by atoms with Crippen molar-refractivity contribution in [2.45, 2.75) is 13.1 Å². The van der Waals surface area contributed by atoms with Crippen molar-refractivity contribution in [3.8, 4) is 11.1 Å². The molecule has 4 nitrogen and oxygen atoms in total. The molecule has 0 saturated carbocycles. The predicted octanol–water partition coefficient (Wildman–Crippen LogP) is 4.93. The quantitative estimate of drug-likeness (QED) is 0.416. The Labute approximate surface area is 175 Å². The van der Waals surface area contributed by atoms with Crippen LogP contribution in [0.2, 0.25) is 0 Å². The second-order valence-corrected chi connectivity index (χ2v) is 9.47. The number of aryl methyl sites for hydroxylation is 1. The van der Waals surface area contributed by atoms with Crippen LogP contribution in [0, 0.1) is 6.92 Å². The molecule has 1 aromatic heterocycles. The number of alkyl halides is 3. The van der Waals surface area contributed by atoms with Crippen LogP contribution in [-0.4, -0.2) is 31.5 Å². The summed E-state index contributed by atoms with van der Waals surface area (Å²) in [7, 11) is 0. The Bertz CT molecular complexity index is 1210. The molecule has 152 valence electrons. The van der Waals surface area contributed by atoms with E-state index in [1.54, 1.807) is 37.3 Å². The minimum atomic E-state index is -4.39. The van der Waals surface area contributed by atoms with E-state index < -0.39 is 17.7 Å². The molecule has 0 unspecified atom stereocenters. The third-order valence-electron chi connectivity index (χ3n) is 4.80. The Kier molecular flexibility index (Phi) is 4.92. The molecule has 0 fully saturated rings. The Hall–Kier alpha value is -3.09. The third kappa shape index (κ3) is 3.72. The number of anilines is 1. The van der Waals surface area contributed by atoms with Crippen molar-refractivity contribution in [1.82, 2.24) is 0 Å². The predicted molar refractivity (Wildman–Crippen MR) is 108 cm³/mol. The number of carboxylic acid groups (broad SMARTS) is 1. The average molecular weight is 476 g/mol. The molecular weight excluding hydrogens is 462 g/mol. The van der Waals surface area contributed by atoms with Gasteiger partial charge in [0.1, 0.15) is 0 Å². The van der Waals surface area contributed by atoms with Crippen molar-refractivity contribution in [3.63, 3.8) is 0 Å². The molecule has 0 saturated heterocycles. The zero-order valence-electron chi connectivity index (χ0n) is 15.5. The molecule has 0 aliphatic carbocycles. The molecule has 3 aromatic rings. The van der Waals surface area contributed by atoms with Crippen molar-refractivity contribution < 1.29 is 27.9 Å². The van der Waals surface area contributed by atoms with Gasteiger partial charge in [-0.05, 0) is 0 Å². The fourth-order valence-corrected chi connectivity index (χ4v) is 5.32. The second-order valence-electron chi connectivity index (χ2n) is 6.77. The summed E-state index contributed by atoms with van der Waals surface area (Å²) < 4.78 is 39.8. The van der Waals surface area contributed by atoms with Crippen molar-refractivity contribution in [2.75, 3.05) is 5.32 Å². The van der Waals surface area contributed by atoms with Gasteiger partial charge in [0, 0.05) is 0 Å². The molecule has 2 heterocycles. The fourth-order valence-electron chi connectivity index (χ4n) is 3.30. The van der Waals surface area contributed by atoms with Crippen LogP contribution in [-0.2, 0) is 11.0 Å². The second kappa shape index (κ2) is 7.31. The van der Waals surface area contributed by atoms with Crippen molar-refractivity contribution >= 4 is 43.7 Å². The molecule has 0 atom stereocenters. The van der Waals surface area contributed by atoms with Gasteiger partial charge >= 0.3 is 162 Å². The van der Waals surface area contributed by atoms with E-state index in [4.69, 9.17) is 0 Å². The first kappa shape index (κ1) is 20.2. The monoisotopic (exact) mass is 477 g/mol. The van der Waals surface area contributed by atoms with E-state index in [-0.39, 0.29) is 26.0 Å². The molecule has 4 rings (SSSR count). The SMILES string of the molecule is Cc1[se]c(C=C2C(=O)Nc3cc(-c4ccc(C(F)(F)F)cc4)ccc32)cc1C(=O)O. The number of halogens is 3. The van der Waals surface area contributed by atoms with Gasteiger partial charge in [0.05, 0.1) is 0 Å². The van der Waals surface area contributed by atoms with Gasteiger partial charge in [0.15, 0.2) is 0 Å². The maximum absolute atomic E-state index is 12.8. The van der Waals surface area contributed by atoms with Crippen LogP contribution in [0.1, 0.15) is 30.4 Å². The van der Waals surface area contributed by atoms with E-state index in [9.17, 15) is 27.9 Å². The zero-order valence-corrected chi connectivity index (χ0v) is 17.2. The Morgan fingerprint density at radius 1 is 1.07 bits per heavy atom. The average Bonchev–Trinajstić information content (AvgIpc) is 3.20. The van der Waals surface area contributed by atoms with Gasteiger partial charge < -0.3 is 0 Å². The summed E-state index contributed by atoms with van der Waals surface area (Å²) in [6.45, 7) is 1.77. The normalized spacial score (nSPS) is 14.7. The molecule has 2 N–H and O–H groups in total. The molecule has 0 bridgehead atoms. The van der Waals surface area contributed by atoms with E-state index in [2.05, 4.69) is 5.32 Å². The zero-order chi connectivity index (χ0) is 21.6. The molecule has 30 heavy (non-hydrogen) atoms. The van der Waals surface area contributed by atoms with Crippen LogP contribution in [0.5, 0.6) is 0 Å². The summed E-state index contributed by atoms with van der Waals surface area (Å²) in [4.78, 5) is 23.7. The summed E-state index contributed by atoms with van der Waals surface area (Å²) in [5.74, 6) is -1.28. The number of nitrogens with one attached hydrogen (secondary N) is 1. The number of benzene rings is 2. The van der Waals surface area contributed by atoms with Gasteiger partial charge in [0.25, 0.3) is 0 Å². The third-order valence-corrected chi connectivity index (χ3v) is 6.89. The van der Waals surface area contributed by atoms with Gasteiger partial charge in [-0.3, -0.25) is 0 Å². The van der Waals surface area contributed by atoms with Crippen molar-refractivity contribution in [2.24, 2.45) is 0 Å². The summed E-state index contributed by atoms with van der Waals surface area (Å²) >= 11 is -0.163. The number of aromatic carboxylic acids is 1. The first-order chi connectivity index (χ1) is 14.1. The van der Waals surface area contributed by atoms with Gasteiger partial charge in [-0.2, -0.15) is 13.2 Å². The van der Waals surface area contributed by atoms with Crippen LogP contribution >= 0.6 is 0 Å². The van der Waals surface area contributed by atoms with Crippen LogP contribution < -0.4 is 5.32 Å². The molecule has 8 heteroatoms. The standard InChI is InChI=1S/C22H14F3NO3Se/c1-11-17(21(28)29)9-15(30-11)10-18-16-7-4-13(8-19(16)26-20(18)27)12-2-5-14(6-3-12)22(23,24)25/h2-10H,1H3,(H,26,27)(H,28,29). The molecular formula is C22H14F3NO3Se. The van der Waals surface area contributed by atoms with Crippen molar-refractivity contribution in [3.05, 3.63) is 74.1 Å². The summed E-state index contributed by atoms with van der Waals surface area (Å²) in [5, 5.41) is 12.0. The van der Waals surface area contributed by atoms with E-state index in [1.165, 1.54) is 12.1 Å². The number of hydrogen-bond donors (Lipinski definition) is 2. The van der Waals surface area contributed by atoms with Gasteiger partial charge in [-0.25, -0.2) is 0 Å². The van der Waals surface area contributed by atoms with Gasteiger partial charge in [-0.1, -0.05) is 0 Å². The molecule has 1 aliphatic rings. The number of hydrogen-bond acceptors (Lipinski definition) is 2. The molecule has 1 amide bonds. The molecule has 2 aromatic carbocycles. The van der Waals surface area contributed by atoms with Crippen LogP contribution in [0.25, 0.3) is 22.8 Å². The Morgan fingerprint density at radius 3 is 2.33 bits per heavy atom. The minimum absolute atomic E-state index is 0.163. The number of carbonyl (C=O) groups excluding carboxylic acids is 1. The number of carboxylic acids is 1. The van der Waals surface area contributed by atoms with E-state index >= 15 is 0 Å². The van der Waals surface area contributed by atoms with E-state index in [1.807, 2.05) is 0 Å². The number of amides is 1. The summed E-state index contributed by atoms with van der Waals surface area (Å²) in [6, 6.07) is 11.6. The number of rotatable bonds is 3. The Morgan fingerprint density at radius 2 is 1.73 bits per heavy atom. The van der Waals surface area contributed by atoms with E-state index in [0.29, 0.717) is 28.0 Å². The summed E-state index contributed by atoms with van der Waals surface area (Å²) in [5.41, 5.74) is 2.51. The van der Waals surface area contributed by atoms with Crippen LogP contribution in [0.4, 0.5) is 18.9 Å².